The number of ether oxygens (including phenoxy) is 3. The Kier molecular flexibility index (Phi) is 6.63. The van der Waals surface area contributed by atoms with Crippen LogP contribution >= 0.6 is 0 Å². The van der Waals surface area contributed by atoms with Crippen molar-refractivity contribution in [2.24, 2.45) is 0 Å². The van der Waals surface area contributed by atoms with Gasteiger partial charge in [0.05, 0.1) is 21.3 Å². The van der Waals surface area contributed by atoms with Gasteiger partial charge in [-0.2, -0.15) is 0 Å². The molecular formula is C22H28N2O4. The smallest absolute Gasteiger partial charge is 0.319 e. The Balaban J connectivity index is 1.76. The fourth-order valence-corrected chi connectivity index (χ4v) is 3.85. The maximum Gasteiger partial charge on any atom is 0.319 e. The summed E-state index contributed by atoms with van der Waals surface area (Å²) in [6, 6.07) is 13.6. The Bertz CT molecular complexity index is 769. The van der Waals surface area contributed by atoms with Crippen LogP contribution in [0.2, 0.25) is 0 Å². The van der Waals surface area contributed by atoms with Gasteiger partial charge in [-0.25, -0.2) is 4.79 Å². The molecule has 6 heteroatoms. The Labute approximate surface area is 166 Å². The normalized spacial score (nSPS) is 18.8. The SMILES string of the molecule is COc1cc(OC)c(NC(=O)NC2CCCCC2c2ccccc2)c(OC)c1. The summed E-state index contributed by atoms with van der Waals surface area (Å²) in [4.78, 5) is 12.8. The zero-order valence-corrected chi connectivity index (χ0v) is 16.7. The lowest BCUT2D eigenvalue weighted by Gasteiger charge is -2.32. The van der Waals surface area contributed by atoms with Gasteiger partial charge in [-0.3, -0.25) is 0 Å². The largest absolute Gasteiger partial charge is 0.496 e. The highest BCUT2D eigenvalue weighted by molar-refractivity contribution is 5.93. The monoisotopic (exact) mass is 384 g/mol. The zero-order valence-electron chi connectivity index (χ0n) is 16.7. The molecule has 1 aliphatic carbocycles. The summed E-state index contributed by atoms with van der Waals surface area (Å²) in [6.45, 7) is 0. The molecule has 0 radical (unpaired) electrons. The second kappa shape index (κ2) is 9.35. The van der Waals surface area contributed by atoms with Crippen LogP contribution in [-0.2, 0) is 0 Å². The maximum atomic E-state index is 12.8. The average molecular weight is 384 g/mol. The summed E-state index contributed by atoms with van der Waals surface area (Å²) in [5, 5.41) is 6.05. The molecule has 0 bridgehead atoms. The summed E-state index contributed by atoms with van der Waals surface area (Å²) in [5.41, 5.74) is 1.75. The molecule has 2 unspecified atom stereocenters. The van der Waals surface area contributed by atoms with Crippen molar-refractivity contribution in [1.29, 1.82) is 0 Å². The molecule has 0 spiro atoms. The van der Waals surface area contributed by atoms with E-state index in [1.807, 2.05) is 18.2 Å². The van der Waals surface area contributed by atoms with Crippen LogP contribution in [0.5, 0.6) is 17.2 Å². The third-order valence-corrected chi connectivity index (χ3v) is 5.26. The minimum atomic E-state index is -0.269. The van der Waals surface area contributed by atoms with Crippen LogP contribution in [0.3, 0.4) is 0 Å². The van der Waals surface area contributed by atoms with E-state index in [9.17, 15) is 4.79 Å². The summed E-state index contributed by atoms with van der Waals surface area (Å²) < 4.78 is 16.1. The van der Waals surface area contributed by atoms with E-state index in [1.54, 1.807) is 33.5 Å². The number of anilines is 1. The van der Waals surface area contributed by atoms with Crippen molar-refractivity contribution in [3.8, 4) is 17.2 Å². The molecule has 0 heterocycles. The molecule has 2 amide bonds. The van der Waals surface area contributed by atoms with Crippen LogP contribution in [-0.4, -0.2) is 33.4 Å². The highest BCUT2D eigenvalue weighted by Crippen LogP contribution is 2.39. The molecule has 2 aromatic carbocycles. The van der Waals surface area contributed by atoms with E-state index in [1.165, 1.54) is 12.0 Å². The maximum absolute atomic E-state index is 12.8. The topological polar surface area (TPSA) is 68.8 Å². The number of methoxy groups -OCH3 is 3. The molecule has 1 fully saturated rings. The van der Waals surface area contributed by atoms with Gasteiger partial charge in [0, 0.05) is 24.1 Å². The molecule has 1 aliphatic rings. The van der Waals surface area contributed by atoms with E-state index in [0.29, 0.717) is 28.9 Å². The van der Waals surface area contributed by atoms with Gasteiger partial charge in [-0.1, -0.05) is 43.2 Å². The molecule has 28 heavy (non-hydrogen) atoms. The molecule has 6 nitrogen and oxygen atoms in total. The van der Waals surface area contributed by atoms with E-state index in [4.69, 9.17) is 14.2 Å². The Morgan fingerprint density at radius 3 is 2.18 bits per heavy atom. The first-order valence-electron chi connectivity index (χ1n) is 9.58. The number of nitrogens with one attached hydrogen (secondary N) is 2. The van der Waals surface area contributed by atoms with Crippen molar-refractivity contribution in [3.63, 3.8) is 0 Å². The van der Waals surface area contributed by atoms with Crippen molar-refractivity contribution < 1.29 is 19.0 Å². The Morgan fingerprint density at radius 1 is 0.929 bits per heavy atom. The van der Waals surface area contributed by atoms with Gasteiger partial charge in [0.15, 0.2) is 0 Å². The predicted molar refractivity (Wildman–Crippen MR) is 110 cm³/mol. The molecule has 2 aromatic rings. The fraction of sp³-hybridized carbons (Fsp3) is 0.409. The number of carbonyl (C=O) groups excluding carboxylic acids is 1. The number of benzene rings is 2. The first-order chi connectivity index (χ1) is 13.7. The minimum absolute atomic E-state index is 0.0892. The van der Waals surface area contributed by atoms with Crippen LogP contribution in [0.4, 0.5) is 10.5 Å². The van der Waals surface area contributed by atoms with Gasteiger partial charge < -0.3 is 24.8 Å². The Morgan fingerprint density at radius 2 is 1.57 bits per heavy atom. The van der Waals surface area contributed by atoms with Gasteiger partial charge in [-0.15, -0.1) is 0 Å². The van der Waals surface area contributed by atoms with Gasteiger partial charge in [0.1, 0.15) is 22.9 Å². The van der Waals surface area contributed by atoms with Gasteiger partial charge in [-0.05, 0) is 18.4 Å². The van der Waals surface area contributed by atoms with Crippen molar-refractivity contribution in [2.75, 3.05) is 26.6 Å². The first-order valence-corrected chi connectivity index (χ1v) is 9.58. The summed E-state index contributed by atoms with van der Waals surface area (Å²) in [6.07, 6.45) is 4.33. The van der Waals surface area contributed by atoms with Crippen molar-refractivity contribution in [2.45, 2.75) is 37.6 Å². The van der Waals surface area contributed by atoms with E-state index in [0.717, 1.165) is 19.3 Å². The lowest BCUT2D eigenvalue weighted by atomic mass is 9.80. The fourth-order valence-electron chi connectivity index (χ4n) is 3.85. The lowest BCUT2D eigenvalue weighted by molar-refractivity contribution is 0.240. The lowest BCUT2D eigenvalue weighted by Crippen LogP contribution is -2.43. The van der Waals surface area contributed by atoms with E-state index >= 15 is 0 Å². The van der Waals surface area contributed by atoms with E-state index in [2.05, 4.69) is 22.8 Å². The predicted octanol–water partition coefficient (Wildman–Crippen LogP) is 4.56. The highest BCUT2D eigenvalue weighted by Gasteiger charge is 2.28. The van der Waals surface area contributed by atoms with E-state index in [-0.39, 0.29) is 12.1 Å². The first kappa shape index (κ1) is 19.9. The third kappa shape index (κ3) is 4.50. The third-order valence-electron chi connectivity index (χ3n) is 5.26. The molecule has 0 aliphatic heterocycles. The van der Waals surface area contributed by atoms with Crippen LogP contribution in [0.1, 0.15) is 37.2 Å². The molecule has 2 atom stereocenters. The quantitative estimate of drug-likeness (QED) is 0.766. The molecule has 0 saturated heterocycles. The van der Waals surface area contributed by atoms with Gasteiger partial charge in [0.25, 0.3) is 0 Å². The standard InChI is InChI=1S/C22H28N2O4/c1-26-16-13-19(27-2)21(20(14-16)28-3)24-22(25)23-18-12-8-7-11-17(18)15-9-5-4-6-10-15/h4-6,9-10,13-14,17-18H,7-8,11-12H2,1-3H3,(H2,23,24,25). The van der Waals surface area contributed by atoms with E-state index < -0.39 is 0 Å². The molecule has 3 rings (SSSR count). The second-order valence-electron chi connectivity index (χ2n) is 6.91. The number of hydrogen-bond donors (Lipinski definition) is 2. The minimum Gasteiger partial charge on any atom is -0.496 e. The number of carbonyl (C=O) groups is 1. The zero-order chi connectivity index (χ0) is 19.9. The summed E-state index contributed by atoms with van der Waals surface area (Å²) >= 11 is 0. The van der Waals surface area contributed by atoms with Gasteiger partial charge >= 0.3 is 6.03 Å². The number of hydrogen-bond acceptors (Lipinski definition) is 4. The van der Waals surface area contributed by atoms with Crippen LogP contribution in [0, 0.1) is 0 Å². The highest BCUT2D eigenvalue weighted by atomic mass is 16.5. The van der Waals surface area contributed by atoms with Crippen LogP contribution in [0.15, 0.2) is 42.5 Å². The molecule has 2 N–H and O–H groups in total. The second-order valence-corrected chi connectivity index (χ2v) is 6.91. The van der Waals surface area contributed by atoms with Gasteiger partial charge in [0.2, 0.25) is 0 Å². The number of amides is 2. The average Bonchev–Trinajstić information content (AvgIpc) is 2.74. The van der Waals surface area contributed by atoms with Crippen LogP contribution < -0.4 is 24.8 Å². The number of urea groups is 1. The molecular weight excluding hydrogens is 356 g/mol. The molecule has 0 aromatic heterocycles. The Hall–Kier alpha value is -2.89. The summed E-state index contributed by atoms with van der Waals surface area (Å²) in [7, 11) is 4.66. The van der Waals surface area contributed by atoms with Crippen molar-refractivity contribution in [1.82, 2.24) is 5.32 Å². The van der Waals surface area contributed by atoms with Crippen LogP contribution in [0.25, 0.3) is 0 Å². The number of rotatable bonds is 6. The summed E-state index contributed by atoms with van der Waals surface area (Å²) in [5.74, 6) is 1.88. The molecule has 1 saturated carbocycles. The van der Waals surface area contributed by atoms with Crippen molar-refractivity contribution in [3.05, 3.63) is 48.0 Å². The van der Waals surface area contributed by atoms with Crippen molar-refractivity contribution >= 4 is 11.7 Å². The molecule has 150 valence electrons.